The molecule has 1 aliphatic rings. The molecule has 0 saturated heterocycles. The van der Waals surface area contributed by atoms with Gasteiger partial charge >= 0.3 is 12.0 Å². The number of amides is 2. The zero-order valence-electron chi connectivity index (χ0n) is 10.8. The topological polar surface area (TPSA) is 96.3 Å². The highest BCUT2D eigenvalue weighted by atomic mass is 16.4. The number of imidazole rings is 1. The normalized spacial score (nSPS) is 15.8. The third-order valence-electron chi connectivity index (χ3n) is 3.20. The van der Waals surface area contributed by atoms with Crippen LogP contribution in [0.25, 0.3) is 0 Å². The number of nitrogens with zero attached hydrogens (tertiary/aromatic N) is 2. The summed E-state index contributed by atoms with van der Waals surface area (Å²) in [6.07, 6.45) is 5.87. The van der Waals surface area contributed by atoms with Gasteiger partial charge in [-0.3, -0.25) is 0 Å². The molecule has 1 fully saturated rings. The average Bonchev–Trinajstić information content (AvgIpc) is 3.11. The maximum atomic E-state index is 11.6. The van der Waals surface area contributed by atoms with Gasteiger partial charge in [0.05, 0.1) is 0 Å². The Kier molecular flexibility index (Phi) is 4.03. The first-order valence-electron chi connectivity index (χ1n) is 6.31. The van der Waals surface area contributed by atoms with Gasteiger partial charge in [0.1, 0.15) is 11.9 Å². The summed E-state index contributed by atoms with van der Waals surface area (Å²) in [5.41, 5.74) is 0. The molecule has 2 rings (SSSR count). The van der Waals surface area contributed by atoms with Crippen molar-refractivity contribution in [2.45, 2.75) is 25.3 Å². The van der Waals surface area contributed by atoms with E-state index in [2.05, 4.69) is 15.6 Å². The highest BCUT2D eigenvalue weighted by Gasteiger charge is 2.37. The minimum atomic E-state index is -0.971. The summed E-state index contributed by atoms with van der Waals surface area (Å²) >= 11 is 0. The number of urea groups is 1. The van der Waals surface area contributed by atoms with Gasteiger partial charge in [-0.25, -0.2) is 14.6 Å². The second-order valence-corrected chi connectivity index (χ2v) is 4.76. The molecule has 3 N–H and O–H groups in total. The minimum Gasteiger partial charge on any atom is -0.480 e. The van der Waals surface area contributed by atoms with E-state index < -0.39 is 18.0 Å². The summed E-state index contributed by atoms with van der Waals surface area (Å²) in [6, 6.07) is -1.21. The lowest BCUT2D eigenvalue weighted by molar-refractivity contribution is -0.139. The maximum absolute atomic E-state index is 11.6. The van der Waals surface area contributed by atoms with Crippen LogP contribution in [0.5, 0.6) is 0 Å². The van der Waals surface area contributed by atoms with E-state index in [-0.39, 0.29) is 5.92 Å². The quantitative estimate of drug-likeness (QED) is 0.681. The Morgan fingerprint density at radius 1 is 1.58 bits per heavy atom. The Balaban J connectivity index is 1.72. The lowest BCUT2D eigenvalue weighted by Gasteiger charge is -2.14. The largest absolute Gasteiger partial charge is 0.480 e. The van der Waals surface area contributed by atoms with Crippen LogP contribution in [-0.2, 0) is 18.3 Å². The van der Waals surface area contributed by atoms with Crippen molar-refractivity contribution in [2.75, 3.05) is 6.54 Å². The Hall–Kier alpha value is -2.05. The molecule has 0 bridgehead atoms. The molecule has 1 atom stereocenters. The SMILES string of the molecule is Cn1ccnc1CCNC(=O)NC(C(=O)O)C1CC1. The monoisotopic (exact) mass is 266 g/mol. The zero-order chi connectivity index (χ0) is 13.8. The molecule has 1 aromatic heterocycles. The van der Waals surface area contributed by atoms with E-state index in [1.807, 2.05) is 17.8 Å². The van der Waals surface area contributed by atoms with Crippen LogP contribution in [0.3, 0.4) is 0 Å². The summed E-state index contributed by atoms with van der Waals surface area (Å²) in [7, 11) is 1.88. The number of carboxylic acids is 1. The standard InChI is InChI=1S/C12H18N4O3/c1-16-7-6-13-9(16)4-5-14-12(19)15-10(11(17)18)8-2-3-8/h6-8,10H,2-5H2,1H3,(H,17,18)(H2,14,15,19). The average molecular weight is 266 g/mol. The number of carbonyl (C=O) groups excluding carboxylic acids is 1. The number of nitrogens with one attached hydrogen (secondary N) is 2. The van der Waals surface area contributed by atoms with Crippen molar-refractivity contribution in [2.24, 2.45) is 13.0 Å². The van der Waals surface area contributed by atoms with Gasteiger partial charge in [-0.2, -0.15) is 0 Å². The van der Waals surface area contributed by atoms with E-state index in [1.165, 1.54) is 0 Å². The number of hydrogen-bond donors (Lipinski definition) is 3. The Labute approximate surface area is 111 Å². The van der Waals surface area contributed by atoms with E-state index in [0.717, 1.165) is 18.7 Å². The van der Waals surface area contributed by atoms with Crippen LogP contribution < -0.4 is 10.6 Å². The lowest BCUT2D eigenvalue weighted by Crippen LogP contribution is -2.47. The first kappa shape index (κ1) is 13.4. The second-order valence-electron chi connectivity index (χ2n) is 4.76. The van der Waals surface area contributed by atoms with Gasteiger partial charge in [0.25, 0.3) is 0 Å². The van der Waals surface area contributed by atoms with Crippen molar-refractivity contribution in [1.82, 2.24) is 20.2 Å². The van der Waals surface area contributed by atoms with Crippen molar-refractivity contribution >= 4 is 12.0 Å². The summed E-state index contributed by atoms with van der Waals surface area (Å²) in [5, 5.41) is 14.1. The van der Waals surface area contributed by atoms with Crippen molar-refractivity contribution in [1.29, 1.82) is 0 Å². The molecule has 1 unspecified atom stereocenters. The van der Waals surface area contributed by atoms with Gasteiger partial charge in [0.2, 0.25) is 0 Å². The maximum Gasteiger partial charge on any atom is 0.326 e. The molecule has 7 nitrogen and oxygen atoms in total. The van der Waals surface area contributed by atoms with Gasteiger partial charge < -0.3 is 20.3 Å². The second kappa shape index (κ2) is 5.73. The van der Waals surface area contributed by atoms with Crippen LogP contribution in [0, 0.1) is 5.92 Å². The molecule has 0 aromatic carbocycles. The van der Waals surface area contributed by atoms with Crippen LogP contribution in [-0.4, -0.2) is 39.2 Å². The Morgan fingerprint density at radius 3 is 2.84 bits per heavy atom. The summed E-state index contributed by atoms with van der Waals surface area (Å²) in [4.78, 5) is 26.7. The fourth-order valence-electron chi connectivity index (χ4n) is 1.93. The molecular formula is C12H18N4O3. The number of rotatable bonds is 6. The molecule has 0 aliphatic heterocycles. The van der Waals surface area contributed by atoms with E-state index in [1.54, 1.807) is 6.20 Å². The van der Waals surface area contributed by atoms with Crippen LogP contribution in [0.15, 0.2) is 12.4 Å². The lowest BCUT2D eigenvalue weighted by atomic mass is 10.2. The summed E-state index contributed by atoms with van der Waals surface area (Å²) in [5.74, 6) is -0.0168. The van der Waals surface area contributed by atoms with E-state index in [9.17, 15) is 9.59 Å². The summed E-state index contributed by atoms with van der Waals surface area (Å²) < 4.78 is 1.88. The molecule has 2 amide bonds. The number of carboxylic acid groups (broad SMARTS) is 1. The van der Waals surface area contributed by atoms with E-state index in [4.69, 9.17) is 5.11 Å². The van der Waals surface area contributed by atoms with Crippen molar-refractivity contribution < 1.29 is 14.7 Å². The van der Waals surface area contributed by atoms with Crippen molar-refractivity contribution in [3.05, 3.63) is 18.2 Å². The molecule has 1 saturated carbocycles. The number of aromatic nitrogens is 2. The molecular weight excluding hydrogens is 248 g/mol. The predicted molar refractivity (Wildman–Crippen MR) is 67.6 cm³/mol. The van der Waals surface area contributed by atoms with Crippen molar-refractivity contribution in [3.63, 3.8) is 0 Å². The van der Waals surface area contributed by atoms with E-state index in [0.29, 0.717) is 13.0 Å². The number of aryl methyl sites for hydroxylation is 1. The fraction of sp³-hybridized carbons (Fsp3) is 0.583. The predicted octanol–water partition coefficient (Wildman–Crippen LogP) is 0.125. The number of hydrogen-bond acceptors (Lipinski definition) is 3. The first-order valence-corrected chi connectivity index (χ1v) is 6.31. The smallest absolute Gasteiger partial charge is 0.326 e. The van der Waals surface area contributed by atoms with Crippen LogP contribution >= 0.6 is 0 Å². The highest BCUT2D eigenvalue weighted by Crippen LogP contribution is 2.32. The molecule has 7 heteroatoms. The molecule has 0 spiro atoms. The molecule has 19 heavy (non-hydrogen) atoms. The Bertz CT molecular complexity index is 467. The van der Waals surface area contributed by atoms with Crippen LogP contribution in [0.2, 0.25) is 0 Å². The molecule has 104 valence electrons. The van der Waals surface area contributed by atoms with Crippen LogP contribution in [0.4, 0.5) is 4.79 Å². The number of carbonyl (C=O) groups is 2. The van der Waals surface area contributed by atoms with Gasteiger partial charge in [-0.1, -0.05) is 0 Å². The first-order chi connectivity index (χ1) is 9.08. The third-order valence-corrected chi connectivity index (χ3v) is 3.20. The zero-order valence-corrected chi connectivity index (χ0v) is 10.8. The third kappa shape index (κ3) is 3.70. The van der Waals surface area contributed by atoms with Crippen molar-refractivity contribution in [3.8, 4) is 0 Å². The molecule has 1 aliphatic carbocycles. The molecule has 1 heterocycles. The highest BCUT2D eigenvalue weighted by molar-refractivity contribution is 5.83. The molecule has 1 aromatic rings. The fourth-order valence-corrected chi connectivity index (χ4v) is 1.93. The van der Waals surface area contributed by atoms with Gasteiger partial charge in [0.15, 0.2) is 0 Å². The minimum absolute atomic E-state index is 0.0813. The van der Waals surface area contributed by atoms with Crippen LogP contribution in [0.1, 0.15) is 18.7 Å². The summed E-state index contributed by atoms with van der Waals surface area (Å²) in [6.45, 7) is 0.424. The number of aliphatic carboxylic acids is 1. The van der Waals surface area contributed by atoms with E-state index >= 15 is 0 Å². The van der Waals surface area contributed by atoms with Gasteiger partial charge in [-0.15, -0.1) is 0 Å². The van der Waals surface area contributed by atoms with Gasteiger partial charge in [-0.05, 0) is 18.8 Å². The van der Waals surface area contributed by atoms with Gasteiger partial charge in [0, 0.05) is 32.4 Å². The Morgan fingerprint density at radius 2 is 2.32 bits per heavy atom. The molecule has 0 radical (unpaired) electrons.